The Morgan fingerprint density at radius 2 is 1.74 bits per heavy atom. The van der Waals surface area contributed by atoms with E-state index in [2.05, 4.69) is 41.1 Å². The Morgan fingerprint density at radius 3 is 2.05 bits per heavy atom. The van der Waals surface area contributed by atoms with Crippen molar-refractivity contribution < 1.29 is 4.57 Å². The fourth-order valence-electron chi connectivity index (χ4n) is 1.60. The second kappa shape index (κ2) is 7.25. The Morgan fingerprint density at radius 1 is 1.16 bits per heavy atom. The molecule has 0 aliphatic carbocycles. The summed E-state index contributed by atoms with van der Waals surface area (Å²) < 4.78 is 1.69. The maximum Gasteiger partial charge on any atom is 0.339 e. The van der Waals surface area contributed by atoms with E-state index in [0.29, 0.717) is 5.95 Å². The van der Waals surface area contributed by atoms with Gasteiger partial charge in [-0.1, -0.05) is 0 Å². The SMILES string of the molecule is CCN(CC)c1ccc(N)cc1.C[n+]1cn[nH]c1N. The minimum Gasteiger partial charge on any atom is -0.399 e. The molecule has 5 N–H and O–H groups in total. The van der Waals surface area contributed by atoms with Crippen LogP contribution in [-0.4, -0.2) is 23.3 Å². The molecule has 1 aromatic heterocycles. The van der Waals surface area contributed by atoms with Crippen LogP contribution >= 0.6 is 0 Å². The molecule has 0 amide bonds. The zero-order valence-corrected chi connectivity index (χ0v) is 11.8. The van der Waals surface area contributed by atoms with Crippen LogP contribution in [0.1, 0.15) is 13.8 Å². The van der Waals surface area contributed by atoms with Gasteiger partial charge in [-0.25, -0.2) is 4.57 Å². The first-order valence-corrected chi connectivity index (χ1v) is 6.33. The molecular weight excluding hydrogens is 240 g/mol. The van der Waals surface area contributed by atoms with E-state index in [1.54, 1.807) is 10.9 Å². The van der Waals surface area contributed by atoms with Crippen molar-refractivity contribution in [3.05, 3.63) is 30.6 Å². The van der Waals surface area contributed by atoms with E-state index in [1.807, 2.05) is 19.2 Å². The van der Waals surface area contributed by atoms with E-state index in [0.717, 1.165) is 18.8 Å². The van der Waals surface area contributed by atoms with Crippen LogP contribution in [-0.2, 0) is 7.05 Å². The number of nitrogens with two attached hydrogens (primary N) is 2. The van der Waals surface area contributed by atoms with E-state index in [9.17, 15) is 0 Å². The van der Waals surface area contributed by atoms with Crippen molar-refractivity contribution in [1.82, 2.24) is 10.2 Å². The van der Waals surface area contributed by atoms with Crippen LogP contribution in [0.5, 0.6) is 0 Å². The Labute approximate surface area is 114 Å². The fraction of sp³-hybridized carbons (Fsp3) is 0.385. The van der Waals surface area contributed by atoms with Gasteiger partial charge in [0.25, 0.3) is 0 Å². The lowest BCUT2D eigenvalue weighted by Crippen LogP contribution is -2.28. The quantitative estimate of drug-likeness (QED) is 0.568. The van der Waals surface area contributed by atoms with Crippen LogP contribution in [0.4, 0.5) is 17.3 Å². The van der Waals surface area contributed by atoms with Gasteiger partial charge in [0.15, 0.2) is 0 Å². The van der Waals surface area contributed by atoms with Gasteiger partial charge in [0, 0.05) is 24.5 Å². The van der Waals surface area contributed by atoms with E-state index in [1.165, 1.54) is 5.69 Å². The van der Waals surface area contributed by atoms with Gasteiger partial charge in [0.2, 0.25) is 6.33 Å². The maximum absolute atomic E-state index is 5.59. The molecule has 0 bridgehead atoms. The summed E-state index contributed by atoms with van der Waals surface area (Å²) in [5, 5.41) is 6.19. The first-order chi connectivity index (χ1) is 9.08. The minimum atomic E-state index is 0.569. The van der Waals surface area contributed by atoms with E-state index in [4.69, 9.17) is 11.5 Å². The van der Waals surface area contributed by atoms with Gasteiger partial charge in [0.1, 0.15) is 0 Å². The van der Waals surface area contributed by atoms with Gasteiger partial charge < -0.3 is 16.4 Å². The number of aryl methyl sites for hydroxylation is 1. The molecule has 0 saturated carbocycles. The molecule has 6 nitrogen and oxygen atoms in total. The molecule has 0 aliphatic rings. The predicted octanol–water partition coefficient (Wildman–Crippen LogP) is 0.931. The standard InChI is InChI=1S/C10H16N2.C3H6N4/c1-3-12(4-2)10-7-5-9(11)6-8-10;1-7-2-5-6-3(7)4/h5-8H,3-4,11H2,1-2H3;2H,1H3,(H2,4,6)/p+1. The van der Waals surface area contributed by atoms with Crippen molar-refractivity contribution in [2.45, 2.75) is 13.8 Å². The summed E-state index contributed by atoms with van der Waals surface area (Å²) >= 11 is 0. The molecule has 0 atom stereocenters. The summed E-state index contributed by atoms with van der Waals surface area (Å²) in [4.78, 5) is 2.29. The summed E-state index contributed by atoms with van der Waals surface area (Å²) in [6, 6.07) is 7.99. The zero-order chi connectivity index (χ0) is 14.3. The maximum atomic E-state index is 5.59. The molecule has 0 saturated heterocycles. The molecule has 6 heteroatoms. The van der Waals surface area contributed by atoms with Gasteiger partial charge in [-0.2, -0.15) is 0 Å². The first-order valence-electron chi connectivity index (χ1n) is 6.33. The summed E-state index contributed by atoms with van der Waals surface area (Å²) in [5.74, 6) is 0.569. The zero-order valence-electron chi connectivity index (χ0n) is 11.8. The van der Waals surface area contributed by atoms with Gasteiger partial charge in [0.05, 0.1) is 7.05 Å². The van der Waals surface area contributed by atoms with Crippen LogP contribution in [0.25, 0.3) is 0 Å². The number of nitrogens with one attached hydrogen (secondary N) is 1. The molecule has 104 valence electrons. The lowest BCUT2D eigenvalue weighted by molar-refractivity contribution is -0.656. The number of aromatic nitrogens is 3. The van der Waals surface area contributed by atoms with Crippen LogP contribution in [0.2, 0.25) is 0 Å². The van der Waals surface area contributed by atoms with Gasteiger partial charge in [-0.15, -0.1) is 5.10 Å². The van der Waals surface area contributed by atoms with Crippen LogP contribution < -0.4 is 20.9 Å². The third-order valence-corrected chi connectivity index (χ3v) is 2.81. The van der Waals surface area contributed by atoms with Crippen LogP contribution in [0.3, 0.4) is 0 Å². The number of hydrogen-bond donors (Lipinski definition) is 3. The smallest absolute Gasteiger partial charge is 0.339 e. The molecule has 0 fully saturated rings. The largest absolute Gasteiger partial charge is 0.399 e. The number of benzene rings is 1. The molecule has 2 rings (SSSR count). The van der Waals surface area contributed by atoms with E-state index >= 15 is 0 Å². The molecule has 2 aromatic rings. The number of anilines is 3. The summed E-state index contributed by atoms with van der Waals surface area (Å²) in [6.45, 7) is 6.39. The Kier molecular flexibility index (Phi) is 5.66. The highest BCUT2D eigenvalue weighted by molar-refractivity contribution is 5.52. The monoisotopic (exact) mass is 263 g/mol. The lowest BCUT2D eigenvalue weighted by Gasteiger charge is -2.20. The third-order valence-electron chi connectivity index (χ3n) is 2.81. The summed E-state index contributed by atoms with van der Waals surface area (Å²) in [7, 11) is 1.82. The van der Waals surface area contributed by atoms with Gasteiger partial charge >= 0.3 is 5.95 Å². The molecular formula is C13H23N6+. The second-order valence-electron chi connectivity index (χ2n) is 4.12. The van der Waals surface area contributed by atoms with Crippen molar-refractivity contribution in [2.75, 3.05) is 29.5 Å². The van der Waals surface area contributed by atoms with Gasteiger partial charge in [-0.3, -0.25) is 0 Å². The fourth-order valence-corrected chi connectivity index (χ4v) is 1.60. The van der Waals surface area contributed by atoms with Gasteiger partial charge in [-0.05, 0) is 43.2 Å². The molecule has 1 aromatic carbocycles. The highest BCUT2D eigenvalue weighted by Gasteiger charge is 1.99. The molecule has 19 heavy (non-hydrogen) atoms. The van der Waals surface area contributed by atoms with Crippen LogP contribution in [0.15, 0.2) is 30.6 Å². The number of hydrogen-bond acceptors (Lipinski definition) is 4. The summed E-state index contributed by atoms with van der Waals surface area (Å²) in [5.41, 5.74) is 12.9. The van der Waals surface area contributed by atoms with E-state index in [-0.39, 0.29) is 0 Å². The average Bonchev–Trinajstić information content (AvgIpc) is 2.78. The molecule has 0 radical (unpaired) electrons. The van der Waals surface area contributed by atoms with Crippen molar-refractivity contribution in [3.63, 3.8) is 0 Å². The van der Waals surface area contributed by atoms with Crippen molar-refractivity contribution in [1.29, 1.82) is 0 Å². The molecule has 0 unspecified atom stereocenters. The second-order valence-corrected chi connectivity index (χ2v) is 4.12. The van der Waals surface area contributed by atoms with Crippen molar-refractivity contribution in [3.8, 4) is 0 Å². The normalized spacial score (nSPS) is 9.63. The number of nitrogens with zero attached hydrogens (tertiary/aromatic N) is 3. The summed E-state index contributed by atoms with van der Waals surface area (Å²) in [6.07, 6.45) is 1.61. The van der Waals surface area contributed by atoms with E-state index < -0.39 is 0 Å². The third kappa shape index (κ3) is 4.50. The Hall–Kier alpha value is -2.24. The topological polar surface area (TPSA) is 87.8 Å². The number of aromatic amines is 1. The number of nitrogen functional groups attached to an aromatic ring is 2. The number of H-pyrrole nitrogens is 1. The Balaban J connectivity index is 0.000000218. The highest BCUT2D eigenvalue weighted by atomic mass is 15.3. The minimum absolute atomic E-state index is 0.569. The highest BCUT2D eigenvalue weighted by Crippen LogP contribution is 2.15. The molecule has 0 aliphatic heterocycles. The van der Waals surface area contributed by atoms with Crippen molar-refractivity contribution >= 4 is 17.3 Å². The first kappa shape index (κ1) is 14.8. The predicted molar refractivity (Wildman–Crippen MR) is 78.6 cm³/mol. The molecule has 1 heterocycles. The lowest BCUT2D eigenvalue weighted by atomic mass is 10.2. The molecule has 0 spiro atoms. The average molecular weight is 263 g/mol. The number of rotatable bonds is 3. The van der Waals surface area contributed by atoms with Crippen molar-refractivity contribution in [2.24, 2.45) is 7.05 Å². The van der Waals surface area contributed by atoms with Crippen LogP contribution in [0, 0.1) is 0 Å². The Bertz CT molecular complexity index is 456.